The minimum Gasteiger partial charge on any atom is -0.394 e. The fourth-order valence-electron chi connectivity index (χ4n) is 2.10. The van der Waals surface area contributed by atoms with Gasteiger partial charge in [-0.05, 0) is 11.6 Å². The van der Waals surface area contributed by atoms with Gasteiger partial charge in [-0.2, -0.15) is 4.98 Å². The summed E-state index contributed by atoms with van der Waals surface area (Å²) in [6.07, 6.45) is -1.25. The maximum atomic E-state index is 9.95. The molecule has 3 heterocycles. The smallest absolute Gasteiger partial charge is 0.224 e. The van der Waals surface area contributed by atoms with Crippen LogP contribution in [0.25, 0.3) is 11.2 Å². The zero-order valence-corrected chi connectivity index (χ0v) is 10.3. The Bertz CT molecular complexity index is 606. The Morgan fingerprint density at radius 2 is 2.11 bits per heavy atom. The number of hydrogen-bond donors (Lipinski definition) is 3. The molecular weight excluding hydrogens is 276 g/mol. The number of halogens is 1. The molecule has 1 aliphatic rings. The summed E-state index contributed by atoms with van der Waals surface area (Å²) in [4.78, 5) is 11.9. The molecule has 0 unspecified atom stereocenters. The number of aliphatic hydroxyl groups is 3. The average molecular weight is 287 g/mol. The number of hydrogen-bond acceptors (Lipinski definition) is 7. The van der Waals surface area contributed by atoms with Crippen LogP contribution in [0.3, 0.4) is 0 Å². The number of rotatable bonds is 2. The topological polar surface area (TPSA) is 114 Å². The molecule has 0 saturated carbocycles. The van der Waals surface area contributed by atoms with Crippen LogP contribution in [-0.2, 0) is 4.74 Å². The van der Waals surface area contributed by atoms with Gasteiger partial charge < -0.3 is 20.1 Å². The van der Waals surface area contributed by atoms with Gasteiger partial charge in [0.05, 0.1) is 19.1 Å². The molecule has 19 heavy (non-hydrogen) atoms. The zero-order valence-electron chi connectivity index (χ0n) is 9.59. The largest absolute Gasteiger partial charge is 0.394 e. The second kappa shape index (κ2) is 4.66. The standard InChI is InChI=1S/C10H11ClN4O4/c11-10-12-1-4-8(14-10)15(3-13-4)9-7(18)6(17)5(2-16)19-9/h1,3,5-7,9,16-18H,2H2/t5-,6-,7-,9-/m1/s1. The van der Waals surface area contributed by atoms with Gasteiger partial charge in [0.1, 0.15) is 23.8 Å². The Morgan fingerprint density at radius 1 is 1.32 bits per heavy atom. The zero-order chi connectivity index (χ0) is 13.6. The molecule has 0 spiro atoms. The van der Waals surface area contributed by atoms with Crippen molar-refractivity contribution in [2.45, 2.75) is 24.5 Å². The van der Waals surface area contributed by atoms with Crippen LogP contribution >= 0.6 is 11.6 Å². The number of nitrogens with zero attached hydrogens (tertiary/aromatic N) is 4. The van der Waals surface area contributed by atoms with Crippen molar-refractivity contribution < 1.29 is 20.1 Å². The fourth-order valence-corrected chi connectivity index (χ4v) is 2.23. The number of imidazole rings is 1. The van der Waals surface area contributed by atoms with Crippen molar-refractivity contribution in [2.75, 3.05) is 6.61 Å². The summed E-state index contributed by atoms with van der Waals surface area (Å²) < 4.78 is 6.85. The predicted octanol–water partition coefficient (Wildman–Crippen LogP) is -0.909. The molecule has 2 aromatic heterocycles. The summed E-state index contributed by atoms with van der Waals surface area (Å²) in [5.41, 5.74) is 0.872. The van der Waals surface area contributed by atoms with Gasteiger partial charge in [0.15, 0.2) is 11.9 Å². The van der Waals surface area contributed by atoms with Crippen molar-refractivity contribution in [3.8, 4) is 0 Å². The highest BCUT2D eigenvalue weighted by Gasteiger charge is 2.43. The first-order chi connectivity index (χ1) is 9.11. The number of aromatic nitrogens is 4. The van der Waals surface area contributed by atoms with Crippen LogP contribution in [0.5, 0.6) is 0 Å². The van der Waals surface area contributed by atoms with Crippen LogP contribution in [0.4, 0.5) is 0 Å². The van der Waals surface area contributed by atoms with Crippen molar-refractivity contribution in [3.05, 3.63) is 17.8 Å². The Labute approximate surface area is 112 Å². The van der Waals surface area contributed by atoms with Crippen LogP contribution in [0.1, 0.15) is 6.23 Å². The maximum absolute atomic E-state index is 9.95. The van der Waals surface area contributed by atoms with Crippen LogP contribution in [0.2, 0.25) is 5.28 Å². The lowest BCUT2D eigenvalue weighted by Crippen LogP contribution is -2.33. The lowest BCUT2D eigenvalue weighted by atomic mass is 10.1. The Hall–Kier alpha value is -1.32. The van der Waals surface area contributed by atoms with Crippen LogP contribution in [0.15, 0.2) is 12.5 Å². The second-order valence-electron chi connectivity index (χ2n) is 4.23. The lowest BCUT2D eigenvalue weighted by molar-refractivity contribution is -0.0511. The molecule has 0 aliphatic carbocycles. The van der Waals surface area contributed by atoms with E-state index >= 15 is 0 Å². The number of ether oxygens (including phenoxy) is 1. The highest BCUT2D eigenvalue weighted by atomic mass is 35.5. The molecule has 102 valence electrons. The third-order valence-electron chi connectivity index (χ3n) is 3.08. The monoisotopic (exact) mass is 286 g/mol. The summed E-state index contributed by atoms with van der Waals surface area (Å²) >= 11 is 5.72. The molecule has 9 heteroatoms. The fraction of sp³-hybridized carbons (Fsp3) is 0.500. The quantitative estimate of drug-likeness (QED) is 0.613. The SMILES string of the molecule is OC[C@H]1O[C@@H](n2cnc3cnc(Cl)nc32)[C@H](O)[C@@H]1O. The van der Waals surface area contributed by atoms with E-state index in [1.807, 2.05) is 0 Å². The molecule has 3 rings (SSSR count). The molecule has 1 aliphatic heterocycles. The van der Waals surface area contributed by atoms with Crippen molar-refractivity contribution in [2.24, 2.45) is 0 Å². The van der Waals surface area contributed by atoms with Gasteiger partial charge in [-0.1, -0.05) is 0 Å². The molecule has 0 bridgehead atoms. The highest BCUT2D eigenvalue weighted by molar-refractivity contribution is 6.28. The van der Waals surface area contributed by atoms with Gasteiger partial charge in [0, 0.05) is 0 Å². The summed E-state index contributed by atoms with van der Waals surface area (Å²) in [6.45, 7) is -0.392. The Morgan fingerprint density at radius 3 is 2.79 bits per heavy atom. The molecule has 0 radical (unpaired) electrons. The molecule has 8 nitrogen and oxygen atoms in total. The summed E-state index contributed by atoms with van der Waals surface area (Å²) in [5.74, 6) is 0. The first-order valence-electron chi connectivity index (χ1n) is 5.59. The molecule has 3 N–H and O–H groups in total. The summed E-state index contributed by atoms with van der Waals surface area (Å²) in [6, 6.07) is 0. The van der Waals surface area contributed by atoms with Crippen molar-refractivity contribution in [1.82, 2.24) is 19.5 Å². The Balaban J connectivity index is 2.03. The average Bonchev–Trinajstić information content (AvgIpc) is 2.92. The highest BCUT2D eigenvalue weighted by Crippen LogP contribution is 2.31. The maximum Gasteiger partial charge on any atom is 0.224 e. The van der Waals surface area contributed by atoms with E-state index in [4.69, 9.17) is 21.4 Å². The first kappa shape index (κ1) is 12.7. The van der Waals surface area contributed by atoms with Gasteiger partial charge >= 0.3 is 0 Å². The van der Waals surface area contributed by atoms with E-state index in [9.17, 15) is 10.2 Å². The van der Waals surface area contributed by atoms with E-state index in [0.29, 0.717) is 11.2 Å². The van der Waals surface area contributed by atoms with Gasteiger partial charge in [-0.25, -0.2) is 9.97 Å². The minimum absolute atomic E-state index is 0.0426. The molecular formula is C10H11ClN4O4. The number of fused-ring (bicyclic) bond motifs is 1. The molecule has 2 aromatic rings. The second-order valence-corrected chi connectivity index (χ2v) is 4.57. The van der Waals surface area contributed by atoms with E-state index < -0.39 is 31.1 Å². The van der Waals surface area contributed by atoms with Crippen molar-refractivity contribution in [1.29, 1.82) is 0 Å². The van der Waals surface area contributed by atoms with Gasteiger partial charge in [-0.15, -0.1) is 0 Å². The van der Waals surface area contributed by atoms with Crippen molar-refractivity contribution in [3.63, 3.8) is 0 Å². The van der Waals surface area contributed by atoms with E-state index in [0.717, 1.165) is 0 Å². The van der Waals surface area contributed by atoms with Gasteiger partial charge in [0.25, 0.3) is 0 Å². The van der Waals surface area contributed by atoms with E-state index in [2.05, 4.69) is 15.0 Å². The minimum atomic E-state index is -1.19. The third-order valence-corrected chi connectivity index (χ3v) is 3.26. The summed E-state index contributed by atoms with van der Waals surface area (Å²) in [7, 11) is 0. The third kappa shape index (κ3) is 1.97. The molecule has 0 aromatic carbocycles. The van der Waals surface area contributed by atoms with Crippen LogP contribution < -0.4 is 0 Å². The molecule has 4 atom stereocenters. The van der Waals surface area contributed by atoms with E-state index in [1.54, 1.807) is 0 Å². The number of aliphatic hydroxyl groups excluding tert-OH is 3. The molecule has 1 fully saturated rings. The van der Waals surface area contributed by atoms with Crippen LogP contribution in [0, 0.1) is 0 Å². The molecule has 0 amide bonds. The van der Waals surface area contributed by atoms with Gasteiger partial charge in [-0.3, -0.25) is 4.57 Å². The predicted molar refractivity (Wildman–Crippen MR) is 63.3 cm³/mol. The Kier molecular flexibility index (Phi) is 3.11. The normalized spacial score (nSPS) is 31.2. The van der Waals surface area contributed by atoms with Crippen LogP contribution in [-0.4, -0.2) is 59.8 Å². The van der Waals surface area contributed by atoms with Crippen molar-refractivity contribution >= 4 is 22.8 Å². The lowest BCUT2D eigenvalue weighted by Gasteiger charge is -2.16. The summed E-state index contributed by atoms with van der Waals surface area (Å²) in [5, 5.41) is 28.8. The van der Waals surface area contributed by atoms with E-state index in [-0.39, 0.29) is 5.28 Å². The first-order valence-corrected chi connectivity index (χ1v) is 5.97. The van der Waals surface area contributed by atoms with Gasteiger partial charge in [0.2, 0.25) is 5.28 Å². The van der Waals surface area contributed by atoms with E-state index in [1.165, 1.54) is 17.1 Å². The molecule has 1 saturated heterocycles.